The fraction of sp³-hybridized carbons (Fsp3) is 0.273. The fourth-order valence-corrected chi connectivity index (χ4v) is 1.40. The number of aromatic nitrogens is 3. The fourth-order valence-electron chi connectivity index (χ4n) is 1.40. The Kier molecular flexibility index (Phi) is 2.78. The van der Waals surface area contributed by atoms with E-state index in [9.17, 15) is 0 Å². The molecule has 2 aromatic rings. The van der Waals surface area contributed by atoms with E-state index < -0.39 is 0 Å². The standard InChI is InChI=1S/C11H14N4/c1-2-9(12)11-14-7-10(15-11)8-3-5-13-6-4-8/h3-7,9H,2,12H2,1H3,(H,14,15). The molecule has 0 aliphatic heterocycles. The van der Waals surface area contributed by atoms with Gasteiger partial charge in [-0.25, -0.2) is 4.98 Å². The highest BCUT2D eigenvalue weighted by Crippen LogP contribution is 2.18. The number of aromatic amines is 1. The lowest BCUT2D eigenvalue weighted by atomic mass is 10.2. The zero-order valence-corrected chi connectivity index (χ0v) is 8.64. The van der Waals surface area contributed by atoms with Crippen LogP contribution >= 0.6 is 0 Å². The Morgan fingerprint density at radius 1 is 1.40 bits per heavy atom. The third-order valence-electron chi connectivity index (χ3n) is 2.38. The number of imidazole rings is 1. The highest BCUT2D eigenvalue weighted by atomic mass is 15.0. The summed E-state index contributed by atoms with van der Waals surface area (Å²) in [5.74, 6) is 0.837. The van der Waals surface area contributed by atoms with Gasteiger partial charge in [0.25, 0.3) is 0 Å². The molecule has 2 aromatic heterocycles. The minimum atomic E-state index is -0.0133. The average Bonchev–Trinajstić information content (AvgIpc) is 2.78. The molecule has 0 amide bonds. The molecule has 0 fully saturated rings. The minimum absolute atomic E-state index is 0.0133. The lowest BCUT2D eigenvalue weighted by Crippen LogP contribution is -2.10. The van der Waals surface area contributed by atoms with Gasteiger partial charge < -0.3 is 10.7 Å². The van der Waals surface area contributed by atoms with Gasteiger partial charge in [-0.1, -0.05) is 6.92 Å². The maximum Gasteiger partial charge on any atom is 0.123 e. The monoisotopic (exact) mass is 202 g/mol. The third kappa shape index (κ3) is 2.05. The summed E-state index contributed by atoms with van der Waals surface area (Å²) >= 11 is 0. The quantitative estimate of drug-likeness (QED) is 0.798. The van der Waals surface area contributed by atoms with Gasteiger partial charge in [0.1, 0.15) is 5.82 Å². The van der Waals surface area contributed by atoms with Crippen LogP contribution in [0.1, 0.15) is 25.2 Å². The summed E-state index contributed by atoms with van der Waals surface area (Å²) in [4.78, 5) is 11.4. The Bertz CT molecular complexity index is 421. The number of pyridine rings is 1. The van der Waals surface area contributed by atoms with Crippen LogP contribution in [0.3, 0.4) is 0 Å². The van der Waals surface area contributed by atoms with Gasteiger partial charge in [-0.15, -0.1) is 0 Å². The molecule has 1 atom stereocenters. The highest BCUT2D eigenvalue weighted by Gasteiger charge is 2.08. The van der Waals surface area contributed by atoms with Crippen molar-refractivity contribution in [3.63, 3.8) is 0 Å². The van der Waals surface area contributed by atoms with E-state index in [1.807, 2.05) is 19.1 Å². The van der Waals surface area contributed by atoms with E-state index in [1.165, 1.54) is 0 Å². The van der Waals surface area contributed by atoms with E-state index >= 15 is 0 Å². The summed E-state index contributed by atoms with van der Waals surface area (Å²) in [6.07, 6.45) is 6.20. The molecule has 0 aliphatic carbocycles. The van der Waals surface area contributed by atoms with Crippen molar-refractivity contribution in [2.75, 3.05) is 0 Å². The molecule has 4 nitrogen and oxygen atoms in total. The number of nitrogens with one attached hydrogen (secondary N) is 1. The molecule has 1 unspecified atom stereocenters. The third-order valence-corrected chi connectivity index (χ3v) is 2.38. The van der Waals surface area contributed by atoms with Crippen LogP contribution in [-0.4, -0.2) is 15.0 Å². The molecule has 0 radical (unpaired) electrons. The van der Waals surface area contributed by atoms with E-state index in [4.69, 9.17) is 5.73 Å². The molecular formula is C11H14N4. The summed E-state index contributed by atoms with van der Waals surface area (Å²) in [5.41, 5.74) is 7.94. The lowest BCUT2D eigenvalue weighted by molar-refractivity contribution is 0.658. The van der Waals surface area contributed by atoms with Crippen LogP contribution < -0.4 is 5.73 Å². The maximum atomic E-state index is 5.88. The van der Waals surface area contributed by atoms with Gasteiger partial charge in [0.05, 0.1) is 17.9 Å². The summed E-state index contributed by atoms with van der Waals surface area (Å²) in [5, 5.41) is 0. The van der Waals surface area contributed by atoms with E-state index in [0.717, 1.165) is 23.5 Å². The van der Waals surface area contributed by atoms with Crippen LogP contribution in [0, 0.1) is 0 Å². The molecule has 0 saturated carbocycles. The molecule has 3 N–H and O–H groups in total. The van der Waals surface area contributed by atoms with E-state index in [0.29, 0.717) is 0 Å². The maximum absolute atomic E-state index is 5.88. The zero-order chi connectivity index (χ0) is 10.7. The van der Waals surface area contributed by atoms with Crippen LogP contribution in [0.4, 0.5) is 0 Å². The SMILES string of the molecule is CCC(N)c1ncc(-c2ccncc2)[nH]1. The Balaban J connectivity index is 2.28. The van der Waals surface area contributed by atoms with Crippen molar-refractivity contribution in [3.8, 4) is 11.3 Å². The molecule has 15 heavy (non-hydrogen) atoms. The van der Waals surface area contributed by atoms with Crippen molar-refractivity contribution in [2.24, 2.45) is 5.73 Å². The first-order valence-electron chi connectivity index (χ1n) is 5.02. The normalized spacial score (nSPS) is 12.7. The molecule has 0 bridgehead atoms. The summed E-state index contributed by atoms with van der Waals surface area (Å²) in [7, 11) is 0. The molecule has 0 saturated heterocycles. The Hall–Kier alpha value is -1.68. The van der Waals surface area contributed by atoms with Crippen LogP contribution in [0.25, 0.3) is 11.3 Å². The van der Waals surface area contributed by atoms with Crippen LogP contribution in [0.2, 0.25) is 0 Å². The van der Waals surface area contributed by atoms with Crippen LogP contribution in [-0.2, 0) is 0 Å². The number of rotatable bonds is 3. The minimum Gasteiger partial charge on any atom is -0.341 e. The number of nitrogens with two attached hydrogens (primary N) is 1. The summed E-state index contributed by atoms with van der Waals surface area (Å²) < 4.78 is 0. The van der Waals surface area contributed by atoms with Gasteiger partial charge in [0.2, 0.25) is 0 Å². The molecule has 0 aliphatic rings. The van der Waals surface area contributed by atoms with Gasteiger partial charge >= 0.3 is 0 Å². The number of H-pyrrole nitrogens is 1. The zero-order valence-electron chi connectivity index (χ0n) is 8.64. The van der Waals surface area contributed by atoms with Gasteiger partial charge in [-0.05, 0) is 18.6 Å². The summed E-state index contributed by atoms with van der Waals surface area (Å²) in [6, 6.07) is 3.87. The van der Waals surface area contributed by atoms with Crippen molar-refractivity contribution < 1.29 is 0 Å². The van der Waals surface area contributed by atoms with Crippen LogP contribution in [0.5, 0.6) is 0 Å². The predicted octanol–water partition coefficient (Wildman–Crippen LogP) is 1.88. The second-order valence-electron chi connectivity index (χ2n) is 3.43. The molecular weight excluding hydrogens is 188 g/mol. The van der Waals surface area contributed by atoms with E-state index in [-0.39, 0.29) is 6.04 Å². The van der Waals surface area contributed by atoms with E-state index in [1.54, 1.807) is 18.6 Å². The first-order chi connectivity index (χ1) is 7.31. The van der Waals surface area contributed by atoms with Crippen molar-refractivity contribution >= 4 is 0 Å². The number of nitrogens with zero attached hydrogens (tertiary/aromatic N) is 2. The Morgan fingerprint density at radius 3 is 2.80 bits per heavy atom. The number of hydrogen-bond acceptors (Lipinski definition) is 3. The van der Waals surface area contributed by atoms with Crippen molar-refractivity contribution in [1.82, 2.24) is 15.0 Å². The topological polar surface area (TPSA) is 67.6 Å². The molecule has 0 aromatic carbocycles. The summed E-state index contributed by atoms with van der Waals surface area (Å²) in [6.45, 7) is 2.04. The van der Waals surface area contributed by atoms with Gasteiger partial charge in [0, 0.05) is 18.0 Å². The van der Waals surface area contributed by atoms with Crippen molar-refractivity contribution in [1.29, 1.82) is 0 Å². The molecule has 78 valence electrons. The highest BCUT2D eigenvalue weighted by molar-refractivity contribution is 5.57. The van der Waals surface area contributed by atoms with Gasteiger partial charge in [-0.2, -0.15) is 0 Å². The predicted molar refractivity (Wildman–Crippen MR) is 59.0 cm³/mol. The Morgan fingerprint density at radius 2 is 2.13 bits per heavy atom. The molecule has 2 rings (SSSR count). The second-order valence-corrected chi connectivity index (χ2v) is 3.43. The van der Waals surface area contributed by atoms with Crippen molar-refractivity contribution in [3.05, 3.63) is 36.5 Å². The van der Waals surface area contributed by atoms with Gasteiger partial charge in [0.15, 0.2) is 0 Å². The molecule has 4 heteroatoms. The smallest absolute Gasteiger partial charge is 0.123 e. The van der Waals surface area contributed by atoms with E-state index in [2.05, 4.69) is 15.0 Å². The van der Waals surface area contributed by atoms with Crippen LogP contribution in [0.15, 0.2) is 30.7 Å². The molecule has 2 heterocycles. The first-order valence-corrected chi connectivity index (χ1v) is 5.02. The van der Waals surface area contributed by atoms with Gasteiger partial charge in [-0.3, -0.25) is 4.98 Å². The largest absolute Gasteiger partial charge is 0.341 e. The average molecular weight is 202 g/mol. The lowest BCUT2D eigenvalue weighted by Gasteiger charge is -2.03. The number of hydrogen-bond donors (Lipinski definition) is 2. The van der Waals surface area contributed by atoms with Crippen molar-refractivity contribution in [2.45, 2.75) is 19.4 Å². The molecule has 0 spiro atoms. The first kappa shape index (κ1) is 9.86. The second kappa shape index (κ2) is 4.23. The Labute approximate surface area is 88.6 Å².